The van der Waals surface area contributed by atoms with Gasteiger partial charge in [-0.1, -0.05) is 6.07 Å². The molecule has 0 spiro atoms. The number of benzene rings is 1. The van der Waals surface area contributed by atoms with Crippen LogP contribution in [0.3, 0.4) is 0 Å². The van der Waals surface area contributed by atoms with Crippen LogP contribution in [0.1, 0.15) is 40.5 Å². The molecule has 1 atom stereocenters. The van der Waals surface area contributed by atoms with E-state index >= 15 is 0 Å². The van der Waals surface area contributed by atoms with Crippen LogP contribution < -0.4 is 15.5 Å². The summed E-state index contributed by atoms with van der Waals surface area (Å²) in [4.78, 5) is 53.2. The lowest BCUT2D eigenvalue weighted by molar-refractivity contribution is -0.137. The van der Waals surface area contributed by atoms with Crippen molar-refractivity contribution in [3.63, 3.8) is 0 Å². The summed E-state index contributed by atoms with van der Waals surface area (Å²) in [6.07, 6.45) is 1.08. The molecule has 1 unspecified atom stereocenters. The summed E-state index contributed by atoms with van der Waals surface area (Å²) in [6, 6.07) is 8.01. The number of carboxylic acid groups (broad SMARTS) is 1. The molecule has 3 amide bonds. The van der Waals surface area contributed by atoms with Crippen LogP contribution in [0.5, 0.6) is 0 Å². The quantitative estimate of drug-likeness (QED) is 0.508. The Hall–Kier alpha value is -3.60. The molecule has 186 valence electrons. The Morgan fingerprint density at radius 2 is 1.89 bits per heavy atom. The number of piperazine rings is 1. The zero-order valence-corrected chi connectivity index (χ0v) is 20.2. The maximum absolute atomic E-state index is 13.1. The molecule has 1 aliphatic carbocycles. The number of anilines is 2. The van der Waals surface area contributed by atoms with Crippen molar-refractivity contribution in [2.75, 3.05) is 43.5 Å². The highest BCUT2D eigenvalue weighted by molar-refractivity contribution is 7.10. The summed E-state index contributed by atoms with van der Waals surface area (Å²) >= 11 is 1.38. The minimum Gasteiger partial charge on any atom is -0.481 e. The lowest BCUT2D eigenvalue weighted by Crippen LogP contribution is -2.49. The van der Waals surface area contributed by atoms with Gasteiger partial charge < -0.3 is 30.3 Å². The molecule has 4 rings (SSSR count). The van der Waals surface area contributed by atoms with Gasteiger partial charge in [-0.25, -0.2) is 4.79 Å². The lowest BCUT2D eigenvalue weighted by atomic mass is 10.1. The number of rotatable bonds is 8. The fourth-order valence-corrected chi connectivity index (χ4v) is 4.80. The number of carbonyl (C=O) groups is 4. The van der Waals surface area contributed by atoms with Crippen LogP contribution in [0.4, 0.5) is 16.2 Å². The van der Waals surface area contributed by atoms with Gasteiger partial charge in [-0.05, 0) is 42.5 Å². The highest BCUT2D eigenvalue weighted by Gasteiger charge is 2.31. The Morgan fingerprint density at radius 3 is 2.49 bits per heavy atom. The van der Waals surface area contributed by atoms with Crippen molar-refractivity contribution in [1.82, 2.24) is 10.2 Å². The fourth-order valence-electron chi connectivity index (χ4n) is 4.02. The number of ether oxygens (including phenoxy) is 1. The highest BCUT2D eigenvalue weighted by Crippen LogP contribution is 2.34. The first-order chi connectivity index (χ1) is 16.9. The van der Waals surface area contributed by atoms with Crippen LogP contribution in [0, 0.1) is 5.92 Å². The number of methoxy groups -OCH3 is 1. The Morgan fingerprint density at radius 1 is 1.14 bits per heavy atom. The molecule has 0 radical (unpaired) electrons. The molecule has 35 heavy (non-hydrogen) atoms. The van der Waals surface area contributed by atoms with Crippen molar-refractivity contribution >= 4 is 46.6 Å². The van der Waals surface area contributed by atoms with Gasteiger partial charge in [0.1, 0.15) is 0 Å². The number of aliphatic carboxylic acids is 1. The third-order valence-corrected chi connectivity index (χ3v) is 7.07. The van der Waals surface area contributed by atoms with E-state index in [1.54, 1.807) is 35.2 Å². The van der Waals surface area contributed by atoms with Crippen LogP contribution in [0.2, 0.25) is 0 Å². The number of amides is 3. The minimum atomic E-state index is -1.01. The van der Waals surface area contributed by atoms with Crippen molar-refractivity contribution in [3.8, 4) is 0 Å². The topological polar surface area (TPSA) is 128 Å². The number of nitrogens with zero attached hydrogens (tertiary/aromatic N) is 2. The van der Waals surface area contributed by atoms with Gasteiger partial charge in [-0.2, -0.15) is 0 Å². The van der Waals surface area contributed by atoms with Gasteiger partial charge >= 0.3 is 12.1 Å². The van der Waals surface area contributed by atoms with E-state index in [-0.39, 0.29) is 24.3 Å². The molecule has 1 saturated carbocycles. The summed E-state index contributed by atoms with van der Waals surface area (Å²) in [6.45, 7) is 2.04. The molecule has 10 nitrogen and oxygen atoms in total. The summed E-state index contributed by atoms with van der Waals surface area (Å²) in [5, 5.41) is 16.9. The van der Waals surface area contributed by atoms with Gasteiger partial charge in [0.15, 0.2) is 0 Å². The third-order valence-electron chi connectivity index (χ3n) is 6.09. The van der Waals surface area contributed by atoms with Crippen LogP contribution >= 0.6 is 11.3 Å². The monoisotopic (exact) mass is 500 g/mol. The van der Waals surface area contributed by atoms with Crippen LogP contribution in [0.15, 0.2) is 35.7 Å². The van der Waals surface area contributed by atoms with Crippen molar-refractivity contribution < 1.29 is 29.0 Å². The second-order valence-electron chi connectivity index (χ2n) is 8.58. The minimum absolute atomic E-state index is 0.0183. The summed E-state index contributed by atoms with van der Waals surface area (Å²) in [5.41, 5.74) is 1.60. The van der Waals surface area contributed by atoms with E-state index in [2.05, 4.69) is 15.5 Å². The average Bonchev–Trinajstić information content (AvgIpc) is 3.57. The van der Waals surface area contributed by atoms with Crippen molar-refractivity contribution in [1.29, 1.82) is 0 Å². The Kier molecular flexibility index (Phi) is 7.54. The number of hydrogen-bond donors (Lipinski definition) is 3. The molecular formula is C24H28N4O6S. The second-order valence-corrected chi connectivity index (χ2v) is 9.56. The SMILES string of the molecule is COC(=O)N1CCN(c2ccc(C(=O)NC(CC(=O)O)c3cccs3)cc2NC(=O)C2CC2)CC1. The first-order valence-electron chi connectivity index (χ1n) is 11.4. The van der Waals surface area contributed by atoms with Crippen LogP contribution in [-0.2, 0) is 14.3 Å². The fraction of sp³-hybridized carbons (Fsp3) is 0.417. The predicted molar refractivity (Wildman–Crippen MR) is 131 cm³/mol. The van der Waals surface area contributed by atoms with Gasteiger partial charge in [-0.3, -0.25) is 14.4 Å². The molecular weight excluding hydrogens is 472 g/mol. The zero-order valence-electron chi connectivity index (χ0n) is 19.4. The van der Waals surface area contributed by atoms with Crippen molar-refractivity contribution in [3.05, 3.63) is 46.2 Å². The first kappa shape index (κ1) is 24.5. The van der Waals surface area contributed by atoms with E-state index in [4.69, 9.17) is 4.74 Å². The maximum Gasteiger partial charge on any atom is 0.409 e. The number of hydrogen-bond acceptors (Lipinski definition) is 7. The van der Waals surface area contributed by atoms with Crippen molar-refractivity contribution in [2.24, 2.45) is 5.92 Å². The van der Waals surface area contributed by atoms with Crippen LogP contribution in [-0.4, -0.2) is 67.2 Å². The van der Waals surface area contributed by atoms with Gasteiger partial charge in [0.2, 0.25) is 5.91 Å². The molecule has 1 aromatic carbocycles. The largest absolute Gasteiger partial charge is 0.481 e. The second kappa shape index (κ2) is 10.8. The molecule has 1 saturated heterocycles. The summed E-state index contributed by atoms with van der Waals surface area (Å²) in [7, 11) is 1.35. The molecule has 2 aliphatic rings. The number of carbonyl (C=O) groups excluding carboxylic acids is 3. The van der Waals surface area contributed by atoms with Gasteiger partial charge in [0.05, 0.1) is 30.9 Å². The van der Waals surface area contributed by atoms with E-state index < -0.39 is 17.9 Å². The molecule has 2 fully saturated rings. The number of nitrogens with one attached hydrogen (secondary N) is 2. The molecule has 3 N–H and O–H groups in total. The van der Waals surface area contributed by atoms with Gasteiger partial charge in [0, 0.05) is 42.5 Å². The van der Waals surface area contributed by atoms with Gasteiger partial charge in [-0.15, -0.1) is 11.3 Å². The van der Waals surface area contributed by atoms with Crippen molar-refractivity contribution in [2.45, 2.75) is 25.3 Å². The average molecular weight is 501 g/mol. The Balaban J connectivity index is 1.54. The van der Waals surface area contributed by atoms with E-state index in [0.717, 1.165) is 23.4 Å². The molecule has 2 heterocycles. The lowest BCUT2D eigenvalue weighted by Gasteiger charge is -2.36. The normalized spacial score (nSPS) is 16.4. The third kappa shape index (κ3) is 6.10. The Bertz CT molecular complexity index is 1090. The maximum atomic E-state index is 13.1. The smallest absolute Gasteiger partial charge is 0.409 e. The van der Waals surface area contributed by atoms with Gasteiger partial charge in [0.25, 0.3) is 5.91 Å². The number of thiophene rings is 1. The van der Waals surface area contributed by atoms with E-state index in [1.807, 2.05) is 5.38 Å². The summed E-state index contributed by atoms with van der Waals surface area (Å²) in [5.74, 6) is -1.54. The molecule has 0 bridgehead atoms. The zero-order chi connectivity index (χ0) is 24.9. The van der Waals surface area contributed by atoms with Crippen LogP contribution in [0.25, 0.3) is 0 Å². The molecule has 11 heteroatoms. The van der Waals surface area contributed by atoms with E-state index in [0.29, 0.717) is 37.4 Å². The Labute approximate surface area is 206 Å². The first-order valence-corrected chi connectivity index (χ1v) is 12.3. The highest BCUT2D eigenvalue weighted by atomic mass is 32.1. The standard InChI is InChI=1S/C24H28N4O6S/c1-34-24(33)28-10-8-27(9-11-28)19-7-6-16(13-17(19)25-22(31)15-4-5-15)23(32)26-18(14-21(29)30)20-3-2-12-35-20/h2-3,6-7,12-13,15,18H,4-5,8-11,14H2,1H3,(H,25,31)(H,26,32)(H,29,30). The van der Waals surface area contributed by atoms with E-state index in [1.165, 1.54) is 18.4 Å². The molecule has 1 aromatic heterocycles. The van der Waals surface area contributed by atoms with E-state index in [9.17, 15) is 24.3 Å². The molecule has 1 aliphatic heterocycles. The molecule has 2 aromatic rings. The summed E-state index contributed by atoms with van der Waals surface area (Å²) < 4.78 is 4.80. The number of carboxylic acids is 1. The predicted octanol–water partition coefficient (Wildman–Crippen LogP) is 2.93.